The number of primary amides is 1. The quantitative estimate of drug-likeness (QED) is 0.893. The normalized spacial score (nSPS) is 19.5. The van der Waals surface area contributed by atoms with Crippen LogP contribution in [0, 0.1) is 0 Å². The van der Waals surface area contributed by atoms with E-state index in [0.717, 1.165) is 12.0 Å². The maximum Gasteiger partial charge on any atom is 0.240 e. The summed E-state index contributed by atoms with van der Waals surface area (Å²) in [6.45, 7) is 4.39. The number of benzene rings is 1. The molecule has 0 aromatic heterocycles. The van der Waals surface area contributed by atoms with Crippen LogP contribution in [-0.2, 0) is 15.0 Å². The second kappa shape index (κ2) is 5.03. The van der Waals surface area contributed by atoms with Crippen LogP contribution in [0.4, 0.5) is 0 Å². The van der Waals surface area contributed by atoms with Crippen molar-refractivity contribution in [3.63, 3.8) is 0 Å². The van der Waals surface area contributed by atoms with Gasteiger partial charge in [0.1, 0.15) is 6.04 Å². The van der Waals surface area contributed by atoms with Gasteiger partial charge in [0.2, 0.25) is 11.8 Å². The van der Waals surface area contributed by atoms with Crippen molar-refractivity contribution in [3.8, 4) is 0 Å². The Kier molecular flexibility index (Phi) is 3.60. The number of rotatable bonds is 3. The molecule has 2 amide bonds. The number of nitrogens with two attached hydrogens (primary N) is 1. The molecule has 4 heteroatoms. The van der Waals surface area contributed by atoms with Crippen molar-refractivity contribution in [2.24, 2.45) is 5.73 Å². The lowest BCUT2D eigenvalue weighted by molar-refractivity contribution is -0.141. The van der Waals surface area contributed by atoms with E-state index in [0.29, 0.717) is 13.0 Å². The highest BCUT2D eigenvalue weighted by molar-refractivity contribution is 5.92. The van der Waals surface area contributed by atoms with E-state index < -0.39 is 17.4 Å². The maximum absolute atomic E-state index is 12.7. The SMILES string of the molecule is CC(C)(C(=O)N1CCCC1C(N)=O)c1ccccc1. The van der Waals surface area contributed by atoms with Crippen LogP contribution in [0.1, 0.15) is 32.3 Å². The summed E-state index contributed by atoms with van der Waals surface area (Å²) in [4.78, 5) is 25.7. The van der Waals surface area contributed by atoms with E-state index in [1.165, 1.54) is 0 Å². The molecule has 1 saturated heterocycles. The van der Waals surface area contributed by atoms with Gasteiger partial charge >= 0.3 is 0 Å². The van der Waals surface area contributed by atoms with Gasteiger partial charge in [0.25, 0.3) is 0 Å². The van der Waals surface area contributed by atoms with Crippen molar-refractivity contribution in [3.05, 3.63) is 35.9 Å². The Hall–Kier alpha value is -1.84. The standard InChI is InChI=1S/C15H20N2O2/c1-15(2,11-7-4-3-5-8-11)14(19)17-10-6-9-12(17)13(16)18/h3-5,7-8,12H,6,9-10H2,1-2H3,(H2,16,18). The summed E-state index contributed by atoms with van der Waals surface area (Å²) in [7, 11) is 0. The van der Waals surface area contributed by atoms with Crippen molar-refractivity contribution >= 4 is 11.8 Å². The van der Waals surface area contributed by atoms with Gasteiger partial charge in [-0.15, -0.1) is 0 Å². The first-order valence-electron chi connectivity index (χ1n) is 6.60. The van der Waals surface area contributed by atoms with Crippen molar-refractivity contribution in [1.82, 2.24) is 4.90 Å². The van der Waals surface area contributed by atoms with Gasteiger partial charge in [0, 0.05) is 6.54 Å². The first-order valence-corrected chi connectivity index (χ1v) is 6.60. The van der Waals surface area contributed by atoms with Gasteiger partial charge in [-0.1, -0.05) is 30.3 Å². The smallest absolute Gasteiger partial charge is 0.240 e. The molecule has 2 rings (SSSR count). The third-order valence-corrected chi connectivity index (χ3v) is 3.87. The van der Waals surface area contributed by atoms with Gasteiger partial charge in [-0.2, -0.15) is 0 Å². The Morgan fingerprint density at radius 1 is 1.26 bits per heavy atom. The molecule has 0 aliphatic carbocycles. The molecule has 102 valence electrons. The Labute approximate surface area is 113 Å². The summed E-state index contributed by atoms with van der Waals surface area (Å²) in [5.41, 5.74) is 5.69. The topological polar surface area (TPSA) is 63.4 Å². The predicted molar refractivity (Wildman–Crippen MR) is 73.4 cm³/mol. The average molecular weight is 260 g/mol. The molecule has 1 aromatic carbocycles. The highest BCUT2D eigenvalue weighted by atomic mass is 16.2. The first-order chi connectivity index (χ1) is 8.94. The van der Waals surface area contributed by atoms with E-state index in [4.69, 9.17) is 5.73 Å². The highest BCUT2D eigenvalue weighted by Gasteiger charge is 2.40. The molecular weight excluding hydrogens is 240 g/mol. The molecule has 1 heterocycles. The van der Waals surface area contributed by atoms with Crippen LogP contribution in [-0.4, -0.2) is 29.3 Å². The number of likely N-dealkylation sites (tertiary alicyclic amines) is 1. The van der Waals surface area contributed by atoms with Gasteiger partial charge in [-0.05, 0) is 32.3 Å². The average Bonchev–Trinajstić information content (AvgIpc) is 2.88. The fraction of sp³-hybridized carbons (Fsp3) is 0.467. The van der Waals surface area contributed by atoms with E-state index in [9.17, 15) is 9.59 Å². The van der Waals surface area contributed by atoms with Crippen molar-refractivity contribution < 1.29 is 9.59 Å². The largest absolute Gasteiger partial charge is 0.368 e. The molecule has 0 radical (unpaired) electrons. The molecule has 1 aromatic rings. The lowest BCUT2D eigenvalue weighted by atomic mass is 9.83. The monoisotopic (exact) mass is 260 g/mol. The van der Waals surface area contributed by atoms with Crippen LogP contribution in [0.25, 0.3) is 0 Å². The molecule has 0 saturated carbocycles. The summed E-state index contributed by atoms with van der Waals surface area (Å²) in [5.74, 6) is -0.435. The lowest BCUT2D eigenvalue weighted by Crippen LogP contribution is -2.50. The van der Waals surface area contributed by atoms with Crippen molar-refractivity contribution in [2.45, 2.75) is 38.1 Å². The third-order valence-electron chi connectivity index (χ3n) is 3.87. The fourth-order valence-corrected chi connectivity index (χ4v) is 2.64. The molecule has 1 fully saturated rings. The van der Waals surface area contributed by atoms with Crippen LogP contribution in [0.3, 0.4) is 0 Å². The molecule has 1 atom stereocenters. The summed E-state index contributed by atoms with van der Waals surface area (Å²) < 4.78 is 0. The number of carbonyl (C=O) groups excluding carboxylic acids is 2. The van der Waals surface area contributed by atoms with Crippen LogP contribution in [0.5, 0.6) is 0 Å². The highest BCUT2D eigenvalue weighted by Crippen LogP contribution is 2.29. The van der Waals surface area contributed by atoms with Crippen LogP contribution >= 0.6 is 0 Å². The van der Waals surface area contributed by atoms with Crippen molar-refractivity contribution in [1.29, 1.82) is 0 Å². The second-order valence-corrected chi connectivity index (χ2v) is 5.55. The number of hydrogen-bond acceptors (Lipinski definition) is 2. The van der Waals surface area contributed by atoms with Gasteiger partial charge in [0.15, 0.2) is 0 Å². The minimum Gasteiger partial charge on any atom is -0.368 e. The molecular formula is C15H20N2O2. The number of nitrogens with zero attached hydrogens (tertiary/aromatic N) is 1. The molecule has 4 nitrogen and oxygen atoms in total. The summed E-state index contributed by atoms with van der Waals surface area (Å²) in [6, 6.07) is 9.18. The molecule has 2 N–H and O–H groups in total. The Morgan fingerprint density at radius 3 is 2.47 bits per heavy atom. The third kappa shape index (κ3) is 2.48. The van der Waals surface area contributed by atoms with Gasteiger partial charge in [-0.3, -0.25) is 9.59 Å². The molecule has 1 aliphatic rings. The number of carbonyl (C=O) groups is 2. The predicted octanol–water partition coefficient (Wildman–Crippen LogP) is 1.44. The van der Waals surface area contributed by atoms with Crippen LogP contribution in [0.15, 0.2) is 30.3 Å². The Balaban J connectivity index is 2.26. The first kappa shape index (κ1) is 13.6. The summed E-state index contributed by atoms with van der Waals surface area (Å²) in [6.07, 6.45) is 1.51. The summed E-state index contributed by atoms with van der Waals surface area (Å²) in [5, 5.41) is 0. The van der Waals surface area contributed by atoms with Crippen molar-refractivity contribution in [2.75, 3.05) is 6.54 Å². The van der Waals surface area contributed by atoms with E-state index in [-0.39, 0.29) is 5.91 Å². The van der Waals surface area contributed by atoms with Gasteiger partial charge in [0.05, 0.1) is 5.41 Å². The van der Waals surface area contributed by atoms with E-state index in [1.807, 2.05) is 44.2 Å². The number of hydrogen-bond donors (Lipinski definition) is 1. The van der Waals surface area contributed by atoms with E-state index in [1.54, 1.807) is 4.90 Å². The van der Waals surface area contributed by atoms with Gasteiger partial charge in [-0.25, -0.2) is 0 Å². The minimum absolute atomic E-state index is 0.0278. The Bertz CT molecular complexity index is 482. The van der Waals surface area contributed by atoms with Gasteiger partial charge < -0.3 is 10.6 Å². The van der Waals surface area contributed by atoms with E-state index >= 15 is 0 Å². The van der Waals surface area contributed by atoms with E-state index in [2.05, 4.69) is 0 Å². The molecule has 1 unspecified atom stereocenters. The maximum atomic E-state index is 12.7. The number of amides is 2. The zero-order valence-corrected chi connectivity index (χ0v) is 11.4. The molecule has 19 heavy (non-hydrogen) atoms. The zero-order valence-electron chi connectivity index (χ0n) is 11.4. The fourth-order valence-electron chi connectivity index (χ4n) is 2.64. The van der Waals surface area contributed by atoms with Crippen LogP contribution in [0.2, 0.25) is 0 Å². The molecule has 0 bridgehead atoms. The second-order valence-electron chi connectivity index (χ2n) is 5.55. The zero-order chi connectivity index (χ0) is 14.0. The minimum atomic E-state index is -0.640. The molecule has 0 spiro atoms. The lowest BCUT2D eigenvalue weighted by Gasteiger charge is -2.32. The van der Waals surface area contributed by atoms with Crippen LogP contribution < -0.4 is 5.73 Å². The Morgan fingerprint density at radius 2 is 1.89 bits per heavy atom. The molecule has 1 aliphatic heterocycles. The summed E-state index contributed by atoms with van der Waals surface area (Å²) >= 11 is 0.